The summed E-state index contributed by atoms with van der Waals surface area (Å²) in [6.45, 7) is 4.10. The van der Waals surface area contributed by atoms with Crippen molar-refractivity contribution in [2.24, 2.45) is 0 Å². The predicted octanol–water partition coefficient (Wildman–Crippen LogP) is 4.03. The molecule has 0 radical (unpaired) electrons. The first kappa shape index (κ1) is 28.5. The van der Waals surface area contributed by atoms with Crippen LogP contribution in [0, 0.1) is 6.92 Å². The number of sulfonamides is 1. The van der Waals surface area contributed by atoms with E-state index in [9.17, 15) is 18.0 Å². The summed E-state index contributed by atoms with van der Waals surface area (Å²) < 4.78 is 31.5. The summed E-state index contributed by atoms with van der Waals surface area (Å²) in [4.78, 5) is 28.1. The Morgan fingerprint density at radius 3 is 2.38 bits per heavy atom. The fourth-order valence-corrected chi connectivity index (χ4v) is 5.65. The zero-order valence-corrected chi connectivity index (χ0v) is 23.1. The number of nitrogens with one attached hydrogen (secondary N) is 1. The van der Waals surface area contributed by atoms with Crippen LogP contribution in [0.2, 0.25) is 0 Å². The number of rotatable bonds is 12. The molecule has 1 fully saturated rings. The fourth-order valence-electron chi connectivity index (χ4n) is 4.69. The van der Waals surface area contributed by atoms with Crippen molar-refractivity contribution < 1.29 is 22.7 Å². The molecule has 0 heterocycles. The molecule has 9 heteroatoms. The van der Waals surface area contributed by atoms with Gasteiger partial charge in [0, 0.05) is 25.6 Å². The second kappa shape index (κ2) is 12.9. The Morgan fingerprint density at radius 1 is 1.11 bits per heavy atom. The van der Waals surface area contributed by atoms with E-state index in [1.807, 2.05) is 49.4 Å². The number of amides is 2. The van der Waals surface area contributed by atoms with Crippen molar-refractivity contribution in [1.29, 1.82) is 0 Å². The molecule has 1 atom stereocenters. The highest BCUT2D eigenvalue weighted by Gasteiger charge is 2.28. The highest BCUT2D eigenvalue weighted by Crippen LogP contribution is 2.22. The van der Waals surface area contributed by atoms with Gasteiger partial charge in [-0.15, -0.1) is 0 Å². The predicted molar refractivity (Wildman–Crippen MR) is 146 cm³/mol. The van der Waals surface area contributed by atoms with E-state index < -0.39 is 16.1 Å². The maximum atomic E-state index is 13.4. The Morgan fingerprint density at radius 2 is 1.78 bits per heavy atom. The van der Waals surface area contributed by atoms with Crippen LogP contribution in [0.1, 0.15) is 56.6 Å². The van der Waals surface area contributed by atoms with Gasteiger partial charge in [0.05, 0.1) is 19.1 Å². The number of methoxy groups -OCH3 is 1. The van der Waals surface area contributed by atoms with E-state index in [1.54, 1.807) is 25.0 Å². The van der Waals surface area contributed by atoms with Crippen molar-refractivity contribution in [1.82, 2.24) is 10.2 Å². The number of aryl methyl sites for hydroxylation is 1. The van der Waals surface area contributed by atoms with E-state index in [0.29, 0.717) is 17.9 Å². The third-order valence-electron chi connectivity index (χ3n) is 6.82. The van der Waals surface area contributed by atoms with Gasteiger partial charge in [0.25, 0.3) is 0 Å². The quantitative estimate of drug-likeness (QED) is 0.448. The molecule has 2 aromatic rings. The van der Waals surface area contributed by atoms with Gasteiger partial charge in [0.15, 0.2) is 0 Å². The first-order chi connectivity index (χ1) is 17.6. The molecule has 37 heavy (non-hydrogen) atoms. The van der Waals surface area contributed by atoms with Gasteiger partial charge in [-0.25, -0.2) is 8.42 Å². The number of nitrogens with zero attached hydrogens (tertiary/aromatic N) is 2. The molecule has 0 bridgehead atoms. The van der Waals surface area contributed by atoms with Crippen LogP contribution in [0.3, 0.4) is 0 Å². The molecular formula is C28H39N3O5S. The van der Waals surface area contributed by atoms with E-state index in [1.165, 1.54) is 10.6 Å². The highest BCUT2D eigenvalue weighted by atomic mass is 32.2. The van der Waals surface area contributed by atoms with E-state index in [0.717, 1.165) is 36.8 Å². The van der Waals surface area contributed by atoms with E-state index in [4.69, 9.17) is 4.74 Å². The van der Waals surface area contributed by atoms with Crippen molar-refractivity contribution in [3.05, 3.63) is 59.7 Å². The van der Waals surface area contributed by atoms with Crippen LogP contribution in [0.15, 0.2) is 48.5 Å². The minimum absolute atomic E-state index is 0.120. The van der Waals surface area contributed by atoms with Crippen molar-refractivity contribution in [2.75, 3.05) is 24.2 Å². The van der Waals surface area contributed by atoms with Crippen LogP contribution in [0.4, 0.5) is 5.69 Å². The lowest BCUT2D eigenvalue weighted by Crippen LogP contribution is -2.49. The molecule has 2 aromatic carbocycles. The summed E-state index contributed by atoms with van der Waals surface area (Å²) >= 11 is 0. The Kier molecular flexibility index (Phi) is 9.97. The molecule has 3 rings (SSSR count). The molecular weight excluding hydrogens is 490 g/mol. The number of benzene rings is 2. The standard InChI is InChI=1S/C28H39N3O5S/c1-21-9-7-12-25(19-21)31(37(4,34)35)18-8-13-27(32)30(20-23-14-16-26(36-3)17-15-23)22(2)28(33)29-24-10-5-6-11-24/h7,9,12,14-17,19,22,24H,5-6,8,10-11,13,18,20H2,1-4H3,(H,29,33). The van der Waals surface area contributed by atoms with E-state index >= 15 is 0 Å². The molecule has 1 saturated carbocycles. The van der Waals surface area contributed by atoms with Crippen LogP contribution >= 0.6 is 0 Å². The lowest BCUT2D eigenvalue weighted by Gasteiger charge is -2.30. The summed E-state index contributed by atoms with van der Waals surface area (Å²) in [6, 6.07) is 14.2. The average Bonchev–Trinajstić information content (AvgIpc) is 3.37. The number of hydrogen-bond acceptors (Lipinski definition) is 5. The van der Waals surface area contributed by atoms with Crippen LogP contribution in [0.25, 0.3) is 0 Å². The lowest BCUT2D eigenvalue weighted by molar-refractivity contribution is -0.141. The maximum absolute atomic E-state index is 13.4. The summed E-state index contributed by atoms with van der Waals surface area (Å²) in [5.74, 6) is 0.361. The average molecular weight is 530 g/mol. The van der Waals surface area contributed by atoms with Gasteiger partial charge < -0.3 is 15.0 Å². The Bertz CT molecular complexity index is 1160. The number of carbonyl (C=O) groups is 2. The minimum atomic E-state index is -3.52. The Balaban J connectivity index is 1.72. The third kappa shape index (κ3) is 8.21. The van der Waals surface area contributed by atoms with Gasteiger partial charge in [-0.2, -0.15) is 0 Å². The van der Waals surface area contributed by atoms with Gasteiger partial charge >= 0.3 is 0 Å². The maximum Gasteiger partial charge on any atom is 0.242 e. The van der Waals surface area contributed by atoms with Crippen molar-refractivity contribution >= 4 is 27.5 Å². The zero-order valence-electron chi connectivity index (χ0n) is 22.3. The molecule has 0 aromatic heterocycles. The molecule has 1 aliphatic carbocycles. The Hall–Kier alpha value is -3.07. The molecule has 1 unspecified atom stereocenters. The zero-order chi connectivity index (χ0) is 27.0. The second-order valence-corrected chi connectivity index (χ2v) is 11.7. The molecule has 0 spiro atoms. The molecule has 2 amide bonds. The smallest absolute Gasteiger partial charge is 0.242 e. The Labute approximate surface area is 221 Å². The summed E-state index contributed by atoms with van der Waals surface area (Å²) in [6.07, 6.45) is 5.75. The van der Waals surface area contributed by atoms with Crippen LogP contribution in [0.5, 0.6) is 5.75 Å². The third-order valence-corrected chi connectivity index (χ3v) is 8.02. The number of anilines is 1. The minimum Gasteiger partial charge on any atom is -0.497 e. The molecule has 0 aliphatic heterocycles. The molecule has 202 valence electrons. The summed E-state index contributed by atoms with van der Waals surface area (Å²) in [5.41, 5.74) is 2.41. The lowest BCUT2D eigenvalue weighted by atomic mass is 10.1. The molecule has 8 nitrogen and oxygen atoms in total. The van der Waals surface area contributed by atoms with Crippen molar-refractivity contribution in [3.63, 3.8) is 0 Å². The van der Waals surface area contributed by atoms with Gasteiger partial charge in [0.2, 0.25) is 21.8 Å². The van der Waals surface area contributed by atoms with Gasteiger partial charge in [0.1, 0.15) is 11.8 Å². The summed E-state index contributed by atoms with van der Waals surface area (Å²) in [7, 11) is -1.92. The summed E-state index contributed by atoms with van der Waals surface area (Å²) in [5, 5.41) is 3.10. The molecule has 1 aliphatic rings. The van der Waals surface area contributed by atoms with Crippen LogP contribution in [-0.2, 0) is 26.2 Å². The number of carbonyl (C=O) groups excluding carboxylic acids is 2. The largest absolute Gasteiger partial charge is 0.497 e. The fraction of sp³-hybridized carbons (Fsp3) is 0.500. The van der Waals surface area contributed by atoms with Gasteiger partial charge in [-0.05, 0) is 68.5 Å². The van der Waals surface area contributed by atoms with Gasteiger partial charge in [-0.1, -0.05) is 37.1 Å². The van der Waals surface area contributed by atoms with Crippen LogP contribution in [-0.4, -0.2) is 57.1 Å². The highest BCUT2D eigenvalue weighted by molar-refractivity contribution is 7.92. The number of ether oxygens (including phenoxy) is 1. The normalized spacial score (nSPS) is 14.7. The molecule has 1 N–H and O–H groups in total. The topological polar surface area (TPSA) is 96.0 Å². The molecule has 0 saturated heterocycles. The number of hydrogen-bond donors (Lipinski definition) is 1. The van der Waals surface area contributed by atoms with Crippen molar-refractivity contribution in [2.45, 2.75) is 71.0 Å². The van der Waals surface area contributed by atoms with E-state index in [2.05, 4.69) is 5.32 Å². The SMILES string of the molecule is COc1ccc(CN(C(=O)CCCN(c2cccc(C)c2)S(C)(=O)=O)C(C)C(=O)NC2CCCC2)cc1. The first-order valence-corrected chi connectivity index (χ1v) is 14.7. The van der Waals surface area contributed by atoms with Crippen molar-refractivity contribution in [3.8, 4) is 5.75 Å². The van der Waals surface area contributed by atoms with Crippen LogP contribution < -0.4 is 14.4 Å². The van der Waals surface area contributed by atoms with Gasteiger partial charge in [-0.3, -0.25) is 13.9 Å². The monoisotopic (exact) mass is 529 g/mol. The first-order valence-electron chi connectivity index (χ1n) is 12.9. The van der Waals surface area contributed by atoms with E-state index in [-0.39, 0.29) is 37.4 Å². The second-order valence-electron chi connectivity index (χ2n) is 9.81.